The molecule has 0 spiro atoms. The van der Waals surface area contributed by atoms with Crippen molar-refractivity contribution in [1.82, 2.24) is 5.32 Å². The molecule has 7 heteroatoms. The van der Waals surface area contributed by atoms with E-state index in [2.05, 4.69) is 23.3 Å². The second-order valence-corrected chi connectivity index (χ2v) is 8.05. The Morgan fingerprint density at radius 2 is 1.52 bits per heavy atom. The molecule has 0 aliphatic rings. The van der Waals surface area contributed by atoms with E-state index < -0.39 is 12.0 Å². The zero-order chi connectivity index (χ0) is 24.6. The summed E-state index contributed by atoms with van der Waals surface area (Å²) in [5.41, 5.74) is 10.6. The largest absolute Gasteiger partial charge is 0.464 e. The van der Waals surface area contributed by atoms with Gasteiger partial charge in [-0.15, -0.1) is 0 Å². The van der Waals surface area contributed by atoms with Gasteiger partial charge in [-0.2, -0.15) is 0 Å². The number of ether oxygens (including phenoxy) is 1. The summed E-state index contributed by atoms with van der Waals surface area (Å²) in [6.07, 6.45) is 24.9. The maximum atomic E-state index is 12.1. The van der Waals surface area contributed by atoms with E-state index in [-0.39, 0.29) is 18.5 Å². The van der Waals surface area contributed by atoms with Gasteiger partial charge in [0.2, 0.25) is 5.91 Å². The van der Waals surface area contributed by atoms with E-state index in [1.165, 1.54) is 63.9 Å². The van der Waals surface area contributed by atoms with Gasteiger partial charge >= 0.3 is 5.97 Å². The van der Waals surface area contributed by atoms with Crippen molar-refractivity contribution in [2.24, 2.45) is 16.5 Å². The third kappa shape index (κ3) is 21.1. The number of hydrogen-bond donors (Lipinski definition) is 3. The van der Waals surface area contributed by atoms with Crippen LogP contribution >= 0.6 is 0 Å². The van der Waals surface area contributed by atoms with E-state index in [0.29, 0.717) is 19.4 Å². The first-order valence-electron chi connectivity index (χ1n) is 12.5. The average molecular weight is 463 g/mol. The highest BCUT2D eigenvalue weighted by atomic mass is 16.5. The molecule has 0 unspecified atom stereocenters. The van der Waals surface area contributed by atoms with Crippen molar-refractivity contribution in [2.45, 2.75) is 96.9 Å². The van der Waals surface area contributed by atoms with Gasteiger partial charge in [-0.3, -0.25) is 9.79 Å². The Bertz CT molecular complexity index is 623. The van der Waals surface area contributed by atoms with Crippen molar-refractivity contribution in [3.63, 3.8) is 0 Å². The summed E-state index contributed by atoms with van der Waals surface area (Å²) in [4.78, 5) is 28.0. The van der Waals surface area contributed by atoms with Gasteiger partial charge in [0.15, 0.2) is 5.96 Å². The molecule has 0 aliphatic heterocycles. The van der Waals surface area contributed by atoms with Crippen molar-refractivity contribution < 1.29 is 14.3 Å². The monoisotopic (exact) mass is 462 g/mol. The standard InChI is InChI=1S/C26H46N4O3/c1-3-5-6-7-8-9-10-11-12-13-14-15-16-17-18-21-24(31)30-23(25(32)33-4-2)20-19-22-29-26(27)28/h14-18,21,23H,3-13,19-20,22H2,1-2H3,(H,30,31)(H4,27,28,29)/t23-/m0/s1. The number of nitrogens with one attached hydrogen (secondary N) is 1. The summed E-state index contributed by atoms with van der Waals surface area (Å²) >= 11 is 0. The van der Waals surface area contributed by atoms with Gasteiger partial charge in [0, 0.05) is 12.6 Å². The van der Waals surface area contributed by atoms with Crippen molar-refractivity contribution >= 4 is 17.8 Å². The fourth-order valence-electron chi connectivity index (χ4n) is 3.23. The number of nitrogens with zero attached hydrogens (tertiary/aromatic N) is 1. The summed E-state index contributed by atoms with van der Waals surface area (Å²) < 4.78 is 5.03. The fraction of sp³-hybridized carbons (Fsp3) is 0.654. The van der Waals surface area contributed by atoms with Crippen LogP contribution in [0, 0.1) is 0 Å². The quantitative estimate of drug-likeness (QED) is 0.0606. The van der Waals surface area contributed by atoms with Crippen molar-refractivity contribution in [3.05, 3.63) is 36.5 Å². The normalized spacial score (nSPS) is 12.4. The van der Waals surface area contributed by atoms with Crippen LogP contribution in [0.1, 0.15) is 90.9 Å². The molecule has 188 valence electrons. The van der Waals surface area contributed by atoms with E-state index in [4.69, 9.17) is 16.2 Å². The SMILES string of the molecule is CCCCCCCCCCCC=CC=CC=CC(=O)N[C@@H](CCCN=C(N)N)C(=O)OCC. The molecule has 0 aliphatic carbocycles. The Morgan fingerprint density at radius 1 is 0.879 bits per heavy atom. The Kier molecular flexibility index (Phi) is 20.9. The van der Waals surface area contributed by atoms with Crippen LogP contribution in [-0.2, 0) is 14.3 Å². The second-order valence-electron chi connectivity index (χ2n) is 8.05. The van der Waals surface area contributed by atoms with Gasteiger partial charge in [-0.25, -0.2) is 4.79 Å². The minimum Gasteiger partial charge on any atom is -0.464 e. The van der Waals surface area contributed by atoms with E-state index in [0.717, 1.165) is 6.42 Å². The Balaban J connectivity index is 4.08. The van der Waals surface area contributed by atoms with Gasteiger partial charge in [0.05, 0.1) is 6.61 Å². The third-order valence-electron chi connectivity index (χ3n) is 5.02. The smallest absolute Gasteiger partial charge is 0.328 e. The summed E-state index contributed by atoms with van der Waals surface area (Å²) in [6, 6.07) is -0.725. The molecule has 0 bridgehead atoms. The molecule has 7 nitrogen and oxygen atoms in total. The molecule has 0 fully saturated rings. The maximum Gasteiger partial charge on any atom is 0.328 e. The van der Waals surface area contributed by atoms with Crippen LogP contribution < -0.4 is 16.8 Å². The van der Waals surface area contributed by atoms with Crippen molar-refractivity contribution in [1.29, 1.82) is 0 Å². The second kappa shape index (κ2) is 22.6. The van der Waals surface area contributed by atoms with Crippen LogP contribution in [0.2, 0.25) is 0 Å². The molecular weight excluding hydrogens is 416 g/mol. The fourth-order valence-corrected chi connectivity index (χ4v) is 3.23. The molecule has 0 aromatic carbocycles. The van der Waals surface area contributed by atoms with Gasteiger partial charge in [0.1, 0.15) is 6.04 Å². The summed E-state index contributed by atoms with van der Waals surface area (Å²) in [5, 5.41) is 2.68. The molecule has 5 N–H and O–H groups in total. The predicted octanol–water partition coefficient (Wildman–Crippen LogP) is 4.68. The Morgan fingerprint density at radius 3 is 2.15 bits per heavy atom. The Hall–Kier alpha value is -2.57. The van der Waals surface area contributed by atoms with Crippen LogP contribution in [0.25, 0.3) is 0 Å². The number of nitrogens with two attached hydrogens (primary N) is 2. The van der Waals surface area contributed by atoms with E-state index >= 15 is 0 Å². The molecule has 0 rings (SSSR count). The highest BCUT2D eigenvalue weighted by Gasteiger charge is 2.20. The number of carbonyl (C=O) groups excluding carboxylic acids is 2. The predicted molar refractivity (Wildman–Crippen MR) is 138 cm³/mol. The van der Waals surface area contributed by atoms with E-state index in [1.54, 1.807) is 19.1 Å². The molecule has 1 atom stereocenters. The number of amides is 1. The van der Waals surface area contributed by atoms with E-state index in [9.17, 15) is 9.59 Å². The van der Waals surface area contributed by atoms with Crippen LogP contribution in [0.15, 0.2) is 41.4 Å². The Labute approximate surface area is 200 Å². The average Bonchev–Trinajstić information content (AvgIpc) is 2.78. The lowest BCUT2D eigenvalue weighted by Crippen LogP contribution is -2.41. The molecule has 1 amide bonds. The molecule has 0 aromatic rings. The first kappa shape index (κ1) is 30.4. The maximum absolute atomic E-state index is 12.1. The molecule has 33 heavy (non-hydrogen) atoms. The van der Waals surface area contributed by atoms with Gasteiger partial charge < -0.3 is 21.5 Å². The summed E-state index contributed by atoms with van der Waals surface area (Å²) in [5.74, 6) is -0.805. The lowest BCUT2D eigenvalue weighted by molar-refractivity contribution is -0.147. The number of aliphatic imine (C=N–C) groups is 1. The highest BCUT2D eigenvalue weighted by molar-refractivity contribution is 5.91. The van der Waals surface area contributed by atoms with Crippen molar-refractivity contribution in [2.75, 3.05) is 13.2 Å². The number of esters is 1. The zero-order valence-electron chi connectivity index (χ0n) is 20.8. The zero-order valence-corrected chi connectivity index (χ0v) is 20.8. The number of carbonyl (C=O) groups is 2. The molecule has 0 saturated carbocycles. The third-order valence-corrected chi connectivity index (χ3v) is 5.02. The number of allylic oxidation sites excluding steroid dienone is 5. The number of unbranched alkanes of at least 4 members (excludes halogenated alkanes) is 9. The molecule has 0 radical (unpaired) electrons. The topological polar surface area (TPSA) is 120 Å². The van der Waals surface area contributed by atoms with Crippen LogP contribution in [0.4, 0.5) is 0 Å². The molecular formula is C26H46N4O3. The van der Waals surface area contributed by atoms with Crippen molar-refractivity contribution in [3.8, 4) is 0 Å². The molecule has 0 heterocycles. The number of hydrogen-bond acceptors (Lipinski definition) is 4. The lowest BCUT2D eigenvalue weighted by Gasteiger charge is -2.15. The summed E-state index contributed by atoms with van der Waals surface area (Å²) in [6.45, 7) is 4.62. The number of guanidine groups is 1. The first-order chi connectivity index (χ1) is 16.0. The highest BCUT2D eigenvalue weighted by Crippen LogP contribution is 2.10. The molecule has 0 aromatic heterocycles. The minimum atomic E-state index is -0.725. The van der Waals surface area contributed by atoms with Crippen LogP contribution in [0.5, 0.6) is 0 Å². The lowest BCUT2D eigenvalue weighted by atomic mass is 10.1. The van der Waals surface area contributed by atoms with Crippen LogP contribution in [0.3, 0.4) is 0 Å². The molecule has 0 saturated heterocycles. The van der Waals surface area contributed by atoms with Gasteiger partial charge in [-0.1, -0.05) is 88.7 Å². The van der Waals surface area contributed by atoms with E-state index in [1.807, 2.05) is 12.2 Å². The van der Waals surface area contributed by atoms with Crippen LogP contribution in [-0.4, -0.2) is 37.0 Å². The summed E-state index contributed by atoms with van der Waals surface area (Å²) in [7, 11) is 0. The van der Waals surface area contributed by atoms with Gasteiger partial charge in [0.25, 0.3) is 0 Å². The first-order valence-corrected chi connectivity index (χ1v) is 12.5. The number of rotatable bonds is 20. The minimum absolute atomic E-state index is 0.00339. The van der Waals surface area contributed by atoms with Gasteiger partial charge in [-0.05, 0) is 32.6 Å².